The monoisotopic (exact) mass is 393 g/mol. The van der Waals surface area contributed by atoms with Crippen LogP contribution in [0.25, 0.3) is 0 Å². The first-order valence-corrected chi connectivity index (χ1v) is 10.9. The molecular formula is C18H23N3O3S2. The van der Waals surface area contributed by atoms with Gasteiger partial charge in [-0.1, -0.05) is 6.42 Å². The number of hydrogen-bond acceptors (Lipinski definition) is 6. The van der Waals surface area contributed by atoms with Crippen LogP contribution < -0.4 is 5.32 Å². The van der Waals surface area contributed by atoms with Gasteiger partial charge in [-0.25, -0.2) is 13.4 Å². The summed E-state index contributed by atoms with van der Waals surface area (Å²) in [5.41, 5.74) is 1.44. The summed E-state index contributed by atoms with van der Waals surface area (Å²) in [6, 6.07) is 6.21. The lowest BCUT2D eigenvalue weighted by Gasteiger charge is -2.25. The van der Waals surface area contributed by atoms with Gasteiger partial charge in [-0.05, 0) is 51.0 Å². The van der Waals surface area contributed by atoms with Gasteiger partial charge in [-0.15, -0.1) is 11.3 Å². The molecule has 1 aromatic heterocycles. The molecular weight excluding hydrogens is 370 g/mol. The number of nitrogens with zero attached hydrogens (tertiary/aromatic N) is 2. The summed E-state index contributed by atoms with van der Waals surface area (Å²) < 4.78 is 26.8. The molecule has 6 nitrogen and oxygen atoms in total. The number of ketones is 1. The van der Waals surface area contributed by atoms with Crippen molar-refractivity contribution in [3.63, 3.8) is 0 Å². The van der Waals surface area contributed by atoms with E-state index in [0.29, 0.717) is 18.7 Å². The third-order valence-corrected chi connectivity index (χ3v) is 7.50. The summed E-state index contributed by atoms with van der Waals surface area (Å²) in [7, 11) is -3.46. The van der Waals surface area contributed by atoms with Gasteiger partial charge in [-0.3, -0.25) is 4.79 Å². The molecule has 1 N–H and O–H groups in total. The van der Waals surface area contributed by atoms with Crippen LogP contribution in [0.4, 0.5) is 5.13 Å². The number of hydrogen-bond donors (Lipinski definition) is 1. The zero-order chi connectivity index (χ0) is 18.7. The number of piperidine rings is 1. The van der Waals surface area contributed by atoms with Crippen LogP contribution in [0.2, 0.25) is 0 Å². The predicted octanol–water partition coefficient (Wildman–Crippen LogP) is 3.23. The molecule has 0 atom stereocenters. The van der Waals surface area contributed by atoms with Crippen LogP contribution in [0.1, 0.15) is 40.2 Å². The molecule has 1 aromatic carbocycles. The second-order valence-electron chi connectivity index (χ2n) is 6.43. The highest BCUT2D eigenvalue weighted by Crippen LogP contribution is 2.22. The molecule has 1 fully saturated rings. The molecule has 2 heterocycles. The van der Waals surface area contributed by atoms with Gasteiger partial charge in [0.05, 0.1) is 17.1 Å². The molecule has 0 spiro atoms. The van der Waals surface area contributed by atoms with Gasteiger partial charge >= 0.3 is 0 Å². The first kappa shape index (κ1) is 19.0. The molecule has 0 unspecified atom stereocenters. The number of sulfonamides is 1. The minimum Gasteiger partial charge on any atom is -0.354 e. The number of Topliss-reactive ketones (excluding diaryl/α,β-unsaturated/α-hetero) is 1. The molecule has 3 rings (SSSR count). The minimum absolute atomic E-state index is 0.0996. The predicted molar refractivity (Wildman–Crippen MR) is 103 cm³/mol. The van der Waals surface area contributed by atoms with Crippen molar-refractivity contribution in [3.8, 4) is 0 Å². The molecule has 0 aliphatic carbocycles. The average molecular weight is 394 g/mol. The molecule has 2 aromatic rings. The normalized spacial score (nSPS) is 15.8. The molecule has 0 bridgehead atoms. The lowest BCUT2D eigenvalue weighted by molar-refractivity contribution is 0.101. The fraction of sp³-hybridized carbons (Fsp3) is 0.444. The molecule has 1 aliphatic rings. The second-order valence-corrected chi connectivity index (χ2v) is 9.57. The van der Waals surface area contributed by atoms with Crippen molar-refractivity contribution < 1.29 is 13.2 Å². The molecule has 0 saturated carbocycles. The summed E-state index contributed by atoms with van der Waals surface area (Å²) in [6.45, 7) is 5.19. The van der Waals surface area contributed by atoms with Gasteiger partial charge < -0.3 is 5.32 Å². The van der Waals surface area contributed by atoms with E-state index in [9.17, 15) is 13.2 Å². The molecule has 26 heavy (non-hydrogen) atoms. The lowest BCUT2D eigenvalue weighted by Crippen LogP contribution is -2.35. The number of carbonyl (C=O) groups is 1. The van der Waals surface area contributed by atoms with Gasteiger partial charge in [0.1, 0.15) is 0 Å². The van der Waals surface area contributed by atoms with Crippen LogP contribution in [-0.2, 0) is 10.0 Å². The van der Waals surface area contributed by atoms with Crippen LogP contribution in [0.3, 0.4) is 0 Å². The summed E-state index contributed by atoms with van der Waals surface area (Å²) >= 11 is 1.51. The SMILES string of the molecule is Cc1nc(NCC(=O)c2ccc(S(=O)(=O)N3CCCCC3)cc2)sc1C. The number of thiazole rings is 1. The largest absolute Gasteiger partial charge is 0.354 e. The summed E-state index contributed by atoms with van der Waals surface area (Å²) in [5.74, 6) is -0.0996. The highest BCUT2D eigenvalue weighted by atomic mass is 32.2. The highest BCUT2D eigenvalue weighted by Gasteiger charge is 2.25. The van der Waals surface area contributed by atoms with E-state index in [2.05, 4.69) is 10.3 Å². The van der Waals surface area contributed by atoms with Crippen molar-refractivity contribution in [1.29, 1.82) is 0 Å². The Morgan fingerprint density at radius 3 is 2.38 bits per heavy atom. The summed E-state index contributed by atoms with van der Waals surface area (Å²) in [4.78, 5) is 18.0. The molecule has 8 heteroatoms. The number of nitrogens with one attached hydrogen (secondary N) is 1. The summed E-state index contributed by atoms with van der Waals surface area (Å²) in [6.07, 6.45) is 2.87. The van der Waals surface area contributed by atoms with Crippen LogP contribution in [0.5, 0.6) is 0 Å². The van der Waals surface area contributed by atoms with E-state index in [1.807, 2.05) is 13.8 Å². The van der Waals surface area contributed by atoms with Crippen LogP contribution in [0.15, 0.2) is 29.2 Å². The standard InChI is InChI=1S/C18H23N3O3S2/c1-13-14(2)25-18(20-13)19-12-17(22)15-6-8-16(9-7-15)26(23,24)21-10-4-3-5-11-21/h6-9H,3-5,10-12H2,1-2H3,(H,19,20). The average Bonchev–Trinajstić information content (AvgIpc) is 2.98. The second kappa shape index (κ2) is 7.85. The molecule has 0 amide bonds. The Balaban J connectivity index is 1.65. The van der Waals surface area contributed by atoms with E-state index < -0.39 is 10.0 Å². The number of benzene rings is 1. The van der Waals surface area contributed by atoms with E-state index in [-0.39, 0.29) is 17.2 Å². The Morgan fingerprint density at radius 2 is 1.81 bits per heavy atom. The smallest absolute Gasteiger partial charge is 0.243 e. The van der Waals surface area contributed by atoms with Crippen molar-refractivity contribution in [3.05, 3.63) is 40.4 Å². The molecule has 140 valence electrons. The number of rotatable bonds is 6. The number of aryl methyl sites for hydroxylation is 2. The molecule has 1 aliphatic heterocycles. The van der Waals surface area contributed by atoms with Crippen LogP contribution >= 0.6 is 11.3 Å². The fourth-order valence-corrected chi connectivity index (χ4v) is 5.20. The van der Waals surface area contributed by atoms with Gasteiger partial charge in [0.25, 0.3) is 0 Å². The Bertz CT molecular complexity index is 863. The quantitative estimate of drug-likeness (QED) is 0.762. The number of aromatic nitrogens is 1. The van der Waals surface area contributed by atoms with E-state index in [4.69, 9.17) is 0 Å². The van der Waals surface area contributed by atoms with Crippen LogP contribution in [-0.4, -0.2) is 43.1 Å². The van der Waals surface area contributed by atoms with Gasteiger partial charge in [0.2, 0.25) is 10.0 Å². The Hall–Kier alpha value is -1.77. The first-order valence-electron chi connectivity index (χ1n) is 8.69. The Kier molecular flexibility index (Phi) is 5.74. The molecule has 0 radical (unpaired) electrons. The zero-order valence-corrected chi connectivity index (χ0v) is 16.6. The van der Waals surface area contributed by atoms with E-state index >= 15 is 0 Å². The highest BCUT2D eigenvalue weighted by molar-refractivity contribution is 7.89. The fourth-order valence-electron chi connectivity index (χ4n) is 2.87. The maximum Gasteiger partial charge on any atom is 0.243 e. The van der Waals surface area contributed by atoms with Crippen molar-refractivity contribution in [1.82, 2.24) is 9.29 Å². The molecule has 1 saturated heterocycles. The number of carbonyl (C=O) groups excluding carboxylic acids is 1. The van der Waals surface area contributed by atoms with E-state index in [1.165, 1.54) is 27.8 Å². The van der Waals surface area contributed by atoms with Gasteiger partial charge in [-0.2, -0.15) is 4.31 Å². The van der Waals surface area contributed by atoms with Crippen molar-refractivity contribution >= 4 is 32.3 Å². The minimum atomic E-state index is -3.46. The van der Waals surface area contributed by atoms with Crippen LogP contribution in [0, 0.1) is 13.8 Å². The lowest BCUT2D eigenvalue weighted by atomic mass is 10.1. The topological polar surface area (TPSA) is 79.4 Å². The van der Waals surface area contributed by atoms with Crippen molar-refractivity contribution in [2.24, 2.45) is 0 Å². The van der Waals surface area contributed by atoms with Gasteiger partial charge in [0.15, 0.2) is 10.9 Å². The van der Waals surface area contributed by atoms with E-state index in [0.717, 1.165) is 35.0 Å². The first-order chi connectivity index (χ1) is 12.4. The van der Waals surface area contributed by atoms with Crippen molar-refractivity contribution in [2.45, 2.75) is 38.0 Å². The summed E-state index contributed by atoms with van der Waals surface area (Å²) in [5, 5.41) is 3.75. The third kappa shape index (κ3) is 4.13. The Labute approximate surface area is 158 Å². The number of anilines is 1. The maximum absolute atomic E-state index is 12.6. The Morgan fingerprint density at radius 1 is 1.15 bits per heavy atom. The van der Waals surface area contributed by atoms with E-state index in [1.54, 1.807) is 12.1 Å². The van der Waals surface area contributed by atoms with Crippen molar-refractivity contribution in [2.75, 3.05) is 25.0 Å². The zero-order valence-electron chi connectivity index (χ0n) is 15.0. The third-order valence-electron chi connectivity index (χ3n) is 4.56. The maximum atomic E-state index is 12.6. The van der Waals surface area contributed by atoms with Gasteiger partial charge in [0, 0.05) is 23.5 Å².